The summed E-state index contributed by atoms with van der Waals surface area (Å²) >= 11 is 6.07. The van der Waals surface area contributed by atoms with Crippen LogP contribution in [0.15, 0.2) is 29.4 Å². The SMILES string of the molecule is COC(=O)C(NCCCN=[N+]=[N-])c1ccccc1Cl. The zero-order chi connectivity index (χ0) is 14.1. The van der Waals surface area contributed by atoms with Crippen molar-refractivity contribution >= 4 is 17.6 Å². The second-order valence-electron chi connectivity index (χ2n) is 3.74. The number of carbonyl (C=O) groups excluding carboxylic acids is 1. The fourth-order valence-corrected chi connectivity index (χ4v) is 1.83. The van der Waals surface area contributed by atoms with Crippen LogP contribution in [0.5, 0.6) is 0 Å². The van der Waals surface area contributed by atoms with Crippen molar-refractivity contribution < 1.29 is 9.53 Å². The molecule has 0 heterocycles. The average Bonchev–Trinajstić information content (AvgIpc) is 2.43. The zero-order valence-electron chi connectivity index (χ0n) is 10.5. The molecule has 1 atom stereocenters. The van der Waals surface area contributed by atoms with Crippen molar-refractivity contribution in [2.75, 3.05) is 20.2 Å². The van der Waals surface area contributed by atoms with E-state index in [1.165, 1.54) is 7.11 Å². The summed E-state index contributed by atoms with van der Waals surface area (Å²) in [4.78, 5) is 14.4. The van der Waals surface area contributed by atoms with Crippen LogP contribution < -0.4 is 5.32 Å². The van der Waals surface area contributed by atoms with Crippen molar-refractivity contribution in [1.29, 1.82) is 0 Å². The predicted molar refractivity (Wildman–Crippen MR) is 72.8 cm³/mol. The van der Waals surface area contributed by atoms with E-state index in [1.54, 1.807) is 24.3 Å². The number of esters is 1. The third-order valence-electron chi connectivity index (χ3n) is 2.50. The van der Waals surface area contributed by atoms with Gasteiger partial charge in [0.25, 0.3) is 0 Å². The first-order chi connectivity index (χ1) is 9.20. The van der Waals surface area contributed by atoms with E-state index in [2.05, 4.69) is 15.3 Å². The number of nitrogens with one attached hydrogen (secondary N) is 1. The molecular formula is C12H15ClN4O2. The van der Waals surface area contributed by atoms with Gasteiger partial charge < -0.3 is 10.1 Å². The minimum absolute atomic E-state index is 0.375. The van der Waals surface area contributed by atoms with Gasteiger partial charge in [0.05, 0.1) is 7.11 Å². The Morgan fingerprint density at radius 2 is 2.32 bits per heavy atom. The van der Waals surface area contributed by atoms with Crippen molar-refractivity contribution in [3.05, 3.63) is 45.3 Å². The second-order valence-corrected chi connectivity index (χ2v) is 4.15. The number of rotatable bonds is 7. The summed E-state index contributed by atoms with van der Waals surface area (Å²) < 4.78 is 4.76. The molecule has 0 saturated heterocycles. The fourth-order valence-electron chi connectivity index (χ4n) is 1.59. The van der Waals surface area contributed by atoms with E-state index < -0.39 is 12.0 Å². The molecule has 102 valence electrons. The van der Waals surface area contributed by atoms with Gasteiger partial charge in [0.15, 0.2) is 0 Å². The molecule has 0 aliphatic heterocycles. The third kappa shape index (κ3) is 4.79. The van der Waals surface area contributed by atoms with Crippen molar-refractivity contribution in [1.82, 2.24) is 5.32 Å². The summed E-state index contributed by atoms with van der Waals surface area (Å²) in [5.41, 5.74) is 8.83. The summed E-state index contributed by atoms with van der Waals surface area (Å²) in [6.45, 7) is 0.893. The Labute approximate surface area is 116 Å². The van der Waals surface area contributed by atoms with Crippen LogP contribution in [0, 0.1) is 0 Å². The first-order valence-corrected chi connectivity index (χ1v) is 6.15. The van der Waals surface area contributed by atoms with Crippen LogP contribution >= 0.6 is 11.6 Å². The Bertz CT molecular complexity index is 475. The lowest BCUT2D eigenvalue weighted by Crippen LogP contribution is -2.30. The fraction of sp³-hybridized carbons (Fsp3) is 0.417. The van der Waals surface area contributed by atoms with Crippen LogP contribution in [0.1, 0.15) is 18.0 Å². The Morgan fingerprint density at radius 3 is 2.95 bits per heavy atom. The monoisotopic (exact) mass is 282 g/mol. The molecule has 1 aromatic rings. The van der Waals surface area contributed by atoms with Crippen LogP contribution in [0.25, 0.3) is 10.4 Å². The largest absolute Gasteiger partial charge is 0.468 e. The van der Waals surface area contributed by atoms with Crippen LogP contribution in [0.2, 0.25) is 5.02 Å². The van der Waals surface area contributed by atoms with Gasteiger partial charge in [0.2, 0.25) is 0 Å². The zero-order valence-corrected chi connectivity index (χ0v) is 11.3. The number of halogens is 1. The number of azide groups is 1. The van der Waals surface area contributed by atoms with Gasteiger partial charge in [0.1, 0.15) is 6.04 Å². The second kappa shape index (κ2) is 8.37. The molecular weight excluding hydrogens is 268 g/mol. The van der Waals surface area contributed by atoms with Gasteiger partial charge in [-0.25, -0.2) is 4.79 Å². The van der Waals surface area contributed by atoms with Crippen LogP contribution in [0.4, 0.5) is 0 Å². The van der Waals surface area contributed by atoms with Crippen molar-refractivity contribution in [2.24, 2.45) is 5.11 Å². The number of nitrogens with zero attached hydrogens (tertiary/aromatic N) is 3. The number of hydrogen-bond acceptors (Lipinski definition) is 4. The summed E-state index contributed by atoms with van der Waals surface area (Å²) in [5.74, 6) is -0.406. The molecule has 0 aromatic heterocycles. The van der Waals surface area contributed by atoms with E-state index in [-0.39, 0.29) is 0 Å². The lowest BCUT2D eigenvalue weighted by atomic mass is 10.1. The molecule has 0 radical (unpaired) electrons. The van der Waals surface area contributed by atoms with Crippen LogP contribution in [-0.4, -0.2) is 26.2 Å². The van der Waals surface area contributed by atoms with E-state index >= 15 is 0 Å². The molecule has 0 aliphatic rings. The molecule has 19 heavy (non-hydrogen) atoms. The minimum Gasteiger partial charge on any atom is -0.468 e. The van der Waals surface area contributed by atoms with Gasteiger partial charge in [-0.2, -0.15) is 0 Å². The molecule has 7 heteroatoms. The number of ether oxygens (including phenoxy) is 1. The van der Waals surface area contributed by atoms with E-state index in [1.807, 2.05) is 0 Å². The smallest absolute Gasteiger partial charge is 0.327 e. The highest BCUT2D eigenvalue weighted by Crippen LogP contribution is 2.23. The Hall–Kier alpha value is -1.75. The maximum Gasteiger partial charge on any atom is 0.327 e. The number of hydrogen-bond donors (Lipinski definition) is 1. The van der Waals surface area contributed by atoms with Gasteiger partial charge in [-0.1, -0.05) is 34.9 Å². The molecule has 1 rings (SSSR count). The lowest BCUT2D eigenvalue weighted by molar-refractivity contribution is -0.143. The van der Waals surface area contributed by atoms with Gasteiger partial charge in [-0.3, -0.25) is 0 Å². The van der Waals surface area contributed by atoms with Gasteiger partial charge in [-0.15, -0.1) is 0 Å². The maximum atomic E-state index is 11.8. The molecule has 1 aromatic carbocycles. The average molecular weight is 283 g/mol. The van der Waals surface area contributed by atoms with E-state index in [0.717, 1.165) is 0 Å². The highest BCUT2D eigenvalue weighted by molar-refractivity contribution is 6.31. The predicted octanol–water partition coefficient (Wildman–Crippen LogP) is 2.84. The Morgan fingerprint density at radius 1 is 1.58 bits per heavy atom. The summed E-state index contributed by atoms with van der Waals surface area (Å²) in [7, 11) is 1.33. The van der Waals surface area contributed by atoms with Gasteiger partial charge in [0, 0.05) is 16.5 Å². The van der Waals surface area contributed by atoms with Crippen molar-refractivity contribution in [2.45, 2.75) is 12.5 Å². The quantitative estimate of drug-likeness (QED) is 0.274. The molecule has 1 N–H and O–H groups in total. The Balaban J connectivity index is 2.70. The summed E-state index contributed by atoms with van der Waals surface area (Å²) in [5, 5.41) is 6.97. The first kappa shape index (κ1) is 15.3. The number of carbonyl (C=O) groups is 1. The van der Waals surface area contributed by atoms with Gasteiger partial charge >= 0.3 is 5.97 Å². The van der Waals surface area contributed by atoms with E-state index in [4.69, 9.17) is 21.9 Å². The molecule has 1 unspecified atom stereocenters. The minimum atomic E-state index is -0.621. The van der Waals surface area contributed by atoms with Crippen molar-refractivity contribution in [3.63, 3.8) is 0 Å². The molecule has 0 bridgehead atoms. The topological polar surface area (TPSA) is 87.1 Å². The third-order valence-corrected chi connectivity index (χ3v) is 2.84. The van der Waals surface area contributed by atoms with E-state index in [9.17, 15) is 4.79 Å². The highest BCUT2D eigenvalue weighted by atomic mass is 35.5. The molecule has 0 fully saturated rings. The Kier molecular flexibility index (Phi) is 6.74. The van der Waals surface area contributed by atoms with Crippen LogP contribution in [0.3, 0.4) is 0 Å². The van der Waals surface area contributed by atoms with Crippen LogP contribution in [-0.2, 0) is 9.53 Å². The highest BCUT2D eigenvalue weighted by Gasteiger charge is 2.22. The maximum absolute atomic E-state index is 11.8. The summed E-state index contributed by atoms with van der Waals surface area (Å²) in [6, 6.07) is 6.46. The molecule has 0 amide bonds. The van der Waals surface area contributed by atoms with Gasteiger partial charge in [-0.05, 0) is 30.1 Å². The lowest BCUT2D eigenvalue weighted by Gasteiger charge is -2.17. The van der Waals surface area contributed by atoms with Crippen molar-refractivity contribution in [3.8, 4) is 0 Å². The molecule has 0 aliphatic carbocycles. The molecule has 0 spiro atoms. The number of methoxy groups -OCH3 is 1. The van der Waals surface area contributed by atoms with E-state index in [0.29, 0.717) is 30.1 Å². The standard InChI is InChI=1S/C12H15ClN4O2/c1-19-12(18)11(15-7-4-8-16-17-14)9-5-2-3-6-10(9)13/h2-3,5-6,11,15H,4,7-8H2,1H3. The molecule has 6 nitrogen and oxygen atoms in total. The normalized spacial score (nSPS) is 11.5. The summed E-state index contributed by atoms with van der Waals surface area (Å²) in [6.07, 6.45) is 0.627. The first-order valence-electron chi connectivity index (χ1n) is 5.77. The molecule has 0 saturated carbocycles. The number of benzene rings is 1.